The molecule has 0 atom stereocenters. The van der Waals surface area contributed by atoms with Crippen LogP contribution in [0.3, 0.4) is 0 Å². The number of furan rings is 2. The molecule has 0 bridgehead atoms. The van der Waals surface area contributed by atoms with Crippen molar-refractivity contribution in [2.75, 3.05) is 39.8 Å². The second-order valence-electron chi connectivity index (χ2n) is 6.31. The van der Waals surface area contributed by atoms with Crippen molar-refractivity contribution in [1.82, 2.24) is 14.7 Å². The van der Waals surface area contributed by atoms with Gasteiger partial charge in [0.2, 0.25) is 5.91 Å². The fraction of sp³-hybridized carbons (Fsp3) is 0.444. The molecule has 1 aliphatic heterocycles. The fourth-order valence-electron chi connectivity index (χ4n) is 2.87. The minimum atomic E-state index is -0.0960. The van der Waals surface area contributed by atoms with E-state index in [0.717, 1.165) is 11.5 Å². The number of aryl methyl sites for hydroxylation is 1. The quantitative estimate of drug-likeness (QED) is 0.823. The van der Waals surface area contributed by atoms with Gasteiger partial charge in [-0.25, -0.2) is 0 Å². The van der Waals surface area contributed by atoms with E-state index in [9.17, 15) is 9.59 Å². The lowest BCUT2D eigenvalue weighted by molar-refractivity contribution is -0.132. The second kappa shape index (κ2) is 7.57. The summed E-state index contributed by atoms with van der Waals surface area (Å²) < 4.78 is 10.7. The van der Waals surface area contributed by atoms with Crippen LogP contribution in [0.25, 0.3) is 0 Å². The third-order valence-electron chi connectivity index (χ3n) is 4.37. The van der Waals surface area contributed by atoms with Gasteiger partial charge in [0.25, 0.3) is 5.91 Å². The molecule has 134 valence electrons. The van der Waals surface area contributed by atoms with E-state index < -0.39 is 0 Å². The summed E-state index contributed by atoms with van der Waals surface area (Å²) in [5.41, 5.74) is 0. The molecule has 1 saturated heterocycles. The molecule has 3 heterocycles. The fourth-order valence-corrected chi connectivity index (χ4v) is 2.87. The van der Waals surface area contributed by atoms with Crippen LogP contribution in [0.1, 0.15) is 22.1 Å². The highest BCUT2D eigenvalue weighted by Gasteiger charge is 2.25. The molecule has 2 aromatic rings. The van der Waals surface area contributed by atoms with Crippen molar-refractivity contribution in [3.63, 3.8) is 0 Å². The smallest absolute Gasteiger partial charge is 0.289 e. The summed E-state index contributed by atoms with van der Waals surface area (Å²) in [6, 6.07) is 7.16. The van der Waals surface area contributed by atoms with Crippen molar-refractivity contribution < 1.29 is 18.4 Å². The number of hydrogen-bond donors (Lipinski definition) is 0. The molecular weight excluding hydrogens is 322 g/mol. The molecule has 25 heavy (non-hydrogen) atoms. The molecule has 1 aliphatic rings. The lowest BCUT2D eigenvalue weighted by atomic mass is 10.2. The number of nitrogens with zero attached hydrogens (tertiary/aromatic N) is 3. The first-order valence-corrected chi connectivity index (χ1v) is 8.37. The summed E-state index contributed by atoms with van der Waals surface area (Å²) in [6.45, 7) is 5.22. The minimum Gasteiger partial charge on any atom is -0.464 e. The molecule has 7 nitrogen and oxygen atoms in total. The SMILES string of the molecule is Cc1ccc(CN(C)C(=O)CN2CCN(C(=O)c3ccco3)CC2)o1. The maximum absolute atomic E-state index is 12.4. The van der Waals surface area contributed by atoms with Crippen molar-refractivity contribution in [2.24, 2.45) is 0 Å². The normalized spacial score (nSPS) is 15.4. The summed E-state index contributed by atoms with van der Waals surface area (Å²) in [7, 11) is 1.77. The van der Waals surface area contributed by atoms with Gasteiger partial charge < -0.3 is 18.6 Å². The zero-order valence-electron chi connectivity index (χ0n) is 14.6. The molecule has 2 amide bonds. The van der Waals surface area contributed by atoms with Crippen LogP contribution in [0.5, 0.6) is 0 Å². The molecule has 1 fully saturated rings. The van der Waals surface area contributed by atoms with Gasteiger partial charge in [-0.05, 0) is 31.2 Å². The molecule has 0 saturated carbocycles. The predicted molar refractivity (Wildman–Crippen MR) is 91.0 cm³/mol. The number of carbonyl (C=O) groups is 2. The molecule has 0 aliphatic carbocycles. The van der Waals surface area contributed by atoms with Gasteiger partial charge in [-0.1, -0.05) is 0 Å². The van der Waals surface area contributed by atoms with Crippen molar-refractivity contribution in [3.05, 3.63) is 47.8 Å². The van der Waals surface area contributed by atoms with Gasteiger partial charge in [-0.2, -0.15) is 0 Å². The van der Waals surface area contributed by atoms with Crippen molar-refractivity contribution in [2.45, 2.75) is 13.5 Å². The van der Waals surface area contributed by atoms with Gasteiger partial charge in [0.15, 0.2) is 5.76 Å². The Morgan fingerprint density at radius 1 is 1.16 bits per heavy atom. The molecule has 2 aromatic heterocycles. The maximum Gasteiger partial charge on any atom is 0.289 e. The van der Waals surface area contributed by atoms with Crippen LogP contribution >= 0.6 is 0 Å². The summed E-state index contributed by atoms with van der Waals surface area (Å²) in [5.74, 6) is 1.93. The number of rotatable bonds is 5. The van der Waals surface area contributed by atoms with E-state index >= 15 is 0 Å². The predicted octanol–water partition coefficient (Wildman–Crippen LogP) is 1.60. The Labute approximate surface area is 146 Å². The molecule has 0 N–H and O–H groups in total. The van der Waals surface area contributed by atoms with E-state index in [2.05, 4.69) is 4.90 Å². The van der Waals surface area contributed by atoms with Gasteiger partial charge in [0.05, 0.1) is 19.4 Å². The summed E-state index contributed by atoms with van der Waals surface area (Å²) in [5, 5.41) is 0. The Kier molecular flexibility index (Phi) is 5.23. The van der Waals surface area contributed by atoms with Crippen LogP contribution in [-0.2, 0) is 11.3 Å². The highest BCUT2D eigenvalue weighted by molar-refractivity contribution is 5.91. The third-order valence-corrected chi connectivity index (χ3v) is 4.37. The van der Waals surface area contributed by atoms with Crippen LogP contribution < -0.4 is 0 Å². The van der Waals surface area contributed by atoms with Gasteiger partial charge in [-0.15, -0.1) is 0 Å². The largest absolute Gasteiger partial charge is 0.464 e. The molecule has 0 aromatic carbocycles. The van der Waals surface area contributed by atoms with Crippen LogP contribution in [0.4, 0.5) is 0 Å². The number of hydrogen-bond acceptors (Lipinski definition) is 5. The lowest BCUT2D eigenvalue weighted by Gasteiger charge is -2.34. The lowest BCUT2D eigenvalue weighted by Crippen LogP contribution is -2.51. The number of likely N-dealkylation sites (N-methyl/N-ethyl adjacent to an activating group) is 1. The average molecular weight is 345 g/mol. The zero-order valence-corrected chi connectivity index (χ0v) is 14.6. The highest BCUT2D eigenvalue weighted by atomic mass is 16.3. The number of carbonyl (C=O) groups excluding carboxylic acids is 2. The Bertz CT molecular complexity index is 715. The molecule has 0 unspecified atom stereocenters. The summed E-state index contributed by atoms with van der Waals surface area (Å²) in [4.78, 5) is 30.1. The van der Waals surface area contributed by atoms with Gasteiger partial charge in [0, 0.05) is 33.2 Å². The van der Waals surface area contributed by atoms with E-state index in [0.29, 0.717) is 45.0 Å². The Balaban J connectivity index is 1.45. The Morgan fingerprint density at radius 3 is 2.52 bits per heavy atom. The van der Waals surface area contributed by atoms with Crippen LogP contribution in [0.15, 0.2) is 39.4 Å². The topological polar surface area (TPSA) is 70.1 Å². The van der Waals surface area contributed by atoms with E-state index in [1.807, 2.05) is 19.1 Å². The Morgan fingerprint density at radius 2 is 1.92 bits per heavy atom. The minimum absolute atomic E-state index is 0.0415. The average Bonchev–Trinajstić information content (AvgIpc) is 3.27. The molecule has 7 heteroatoms. The first kappa shape index (κ1) is 17.3. The van der Waals surface area contributed by atoms with E-state index in [-0.39, 0.29) is 11.8 Å². The Hall–Kier alpha value is -2.54. The summed E-state index contributed by atoms with van der Waals surface area (Å²) in [6.07, 6.45) is 1.50. The zero-order chi connectivity index (χ0) is 17.8. The maximum atomic E-state index is 12.4. The monoisotopic (exact) mass is 345 g/mol. The van der Waals surface area contributed by atoms with E-state index in [1.165, 1.54) is 6.26 Å². The van der Waals surface area contributed by atoms with Crippen LogP contribution in [-0.4, -0.2) is 66.3 Å². The van der Waals surface area contributed by atoms with Gasteiger partial charge in [0.1, 0.15) is 11.5 Å². The van der Waals surface area contributed by atoms with Gasteiger partial charge >= 0.3 is 0 Å². The standard InChI is InChI=1S/C18H23N3O4/c1-14-5-6-15(25-14)12-19(2)17(22)13-20-7-9-21(10-8-20)18(23)16-4-3-11-24-16/h3-6,11H,7-10,12-13H2,1-2H3. The summed E-state index contributed by atoms with van der Waals surface area (Å²) >= 11 is 0. The van der Waals surface area contributed by atoms with Crippen molar-refractivity contribution >= 4 is 11.8 Å². The molecule has 3 rings (SSSR count). The molecule has 0 radical (unpaired) electrons. The molecule has 0 spiro atoms. The van der Waals surface area contributed by atoms with Crippen molar-refractivity contribution in [3.8, 4) is 0 Å². The van der Waals surface area contributed by atoms with Crippen molar-refractivity contribution in [1.29, 1.82) is 0 Å². The van der Waals surface area contributed by atoms with Gasteiger partial charge in [-0.3, -0.25) is 14.5 Å². The second-order valence-corrected chi connectivity index (χ2v) is 6.31. The first-order chi connectivity index (χ1) is 12.0. The number of piperazine rings is 1. The highest BCUT2D eigenvalue weighted by Crippen LogP contribution is 2.11. The first-order valence-electron chi connectivity index (χ1n) is 8.37. The molecular formula is C18H23N3O4. The van der Waals surface area contributed by atoms with Crippen LogP contribution in [0, 0.1) is 6.92 Å². The van der Waals surface area contributed by atoms with E-state index in [4.69, 9.17) is 8.83 Å². The third kappa shape index (κ3) is 4.30. The van der Waals surface area contributed by atoms with Crippen LogP contribution in [0.2, 0.25) is 0 Å². The van der Waals surface area contributed by atoms with E-state index in [1.54, 1.807) is 29.0 Å². The number of amides is 2.